The molecule has 7 nitrogen and oxygen atoms in total. The summed E-state index contributed by atoms with van der Waals surface area (Å²) in [4.78, 5) is 12.6. The molecule has 0 aliphatic carbocycles. The third-order valence-corrected chi connectivity index (χ3v) is 3.51. The molecule has 0 unspecified atom stereocenters. The lowest BCUT2D eigenvalue weighted by Gasteiger charge is -2.19. The molecule has 1 rings (SSSR count). The number of rotatable bonds is 9. The van der Waals surface area contributed by atoms with Crippen LogP contribution in [-0.4, -0.2) is 57.9 Å². The van der Waals surface area contributed by atoms with Crippen molar-refractivity contribution in [1.82, 2.24) is 14.8 Å². The summed E-state index contributed by atoms with van der Waals surface area (Å²) >= 11 is 1.18. The van der Waals surface area contributed by atoms with E-state index in [4.69, 9.17) is 9.84 Å². The molecule has 1 heterocycles. The van der Waals surface area contributed by atoms with Crippen LogP contribution in [0.1, 0.15) is 20.8 Å². The molecule has 0 saturated heterocycles. The van der Waals surface area contributed by atoms with Gasteiger partial charge in [-0.05, 0) is 20.8 Å². The van der Waals surface area contributed by atoms with Gasteiger partial charge in [0.25, 0.3) is 0 Å². The first kappa shape index (κ1) is 16.8. The summed E-state index contributed by atoms with van der Waals surface area (Å²) in [6, 6.07) is 0. The van der Waals surface area contributed by atoms with Crippen LogP contribution in [0.4, 0.5) is 5.95 Å². The van der Waals surface area contributed by atoms with Crippen molar-refractivity contribution < 1.29 is 14.6 Å². The van der Waals surface area contributed by atoms with Crippen LogP contribution in [0, 0.1) is 0 Å². The maximum absolute atomic E-state index is 10.6. The Hall–Kier alpha value is -1.28. The average Bonchev–Trinajstić information content (AvgIpc) is 2.78. The van der Waals surface area contributed by atoms with Gasteiger partial charge in [0.05, 0.1) is 18.5 Å². The highest BCUT2D eigenvalue weighted by atomic mass is 32.2. The third kappa shape index (κ3) is 5.01. The maximum atomic E-state index is 10.6. The van der Waals surface area contributed by atoms with Crippen LogP contribution in [0.2, 0.25) is 0 Å². The van der Waals surface area contributed by atoms with E-state index in [0.29, 0.717) is 24.9 Å². The Kier molecular flexibility index (Phi) is 6.80. The fourth-order valence-corrected chi connectivity index (χ4v) is 2.32. The van der Waals surface area contributed by atoms with Gasteiger partial charge in [-0.3, -0.25) is 9.36 Å². The highest BCUT2D eigenvalue weighted by molar-refractivity contribution is 7.99. The molecule has 0 bridgehead atoms. The summed E-state index contributed by atoms with van der Waals surface area (Å²) in [5.41, 5.74) is 0. The second-order valence-electron chi connectivity index (χ2n) is 4.55. The zero-order valence-corrected chi connectivity index (χ0v) is 13.2. The number of hydrogen-bond donors (Lipinski definition) is 1. The molecule has 0 atom stereocenters. The van der Waals surface area contributed by atoms with Crippen LogP contribution in [0.3, 0.4) is 0 Å². The van der Waals surface area contributed by atoms with Crippen LogP contribution in [0.25, 0.3) is 0 Å². The zero-order chi connectivity index (χ0) is 15.1. The summed E-state index contributed by atoms with van der Waals surface area (Å²) in [5, 5.41) is 17.5. The quantitative estimate of drug-likeness (QED) is 0.689. The number of nitrogens with zero attached hydrogens (tertiary/aromatic N) is 4. The van der Waals surface area contributed by atoms with E-state index in [-0.39, 0.29) is 11.9 Å². The van der Waals surface area contributed by atoms with E-state index in [1.165, 1.54) is 11.8 Å². The summed E-state index contributed by atoms with van der Waals surface area (Å²) in [7, 11) is 1.92. The number of ether oxygens (including phenoxy) is 1. The van der Waals surface area contributed by atoms with Crippen LogP contribution >= 0.6 is 11.8 Å². The molecular formula is C12H22N4O3S. The number of carbonyl (C=O) groups is 1. The summed E-state index contributed by atoms with van der Waals surface area (Å²) in [5.74, 6) is -0.146. The van der Waals surface area contributed by atoms with Crippen LogP contribution in [-0.2, 0) is 16.1 Å². The number of aliphatic carboxylic acids is 1. The van der Waals surface area contributed by atoms with Gasteiger partial charge >= 0.3 is 5.97 Å². The number of aromatic nitrogens is 3. The molecule has 0 aliphatic rings. The summed E-state index contributed by atoms with van der Waals surface area (Å²) in [6.45, 7) is 7.99. The molecule has 0 saturated carbocycles. The Balaban J connectivity index is 2.66. The number of hydrogen-bond acceptors (Lipinski definition) is 6. The number of carboxylic acids is 1. The van der Waals surface area contributed by atoms with Gasteiger partial charge in [-0.1, -0.05) is 11.8 Å². The highest BCUT2D eigenvalue weighted by Crippen LogP contribution is 2.21. The fourth-order valence-electron chi connectivity index (χ4n) is 1.60. The van der Waals surface area contributed by atoms with E-state index in [1.54, 1.807) is 0 Å². The zero-order valence-electron chi connectivity index (χ0n) is 12.4. The molecule has 0 aliphatic heterocycles. The second kappa shape index (κ2) is 8.11. The van der Waals surface area contributed by atoms with Gasteiger partial charge in [-0.2, -0.15) is 0 Å². The van der Waals surface area contributed by atoms with Crippen molar-refractivity contribution in [2.75, 3.05) is 30.9 Å². The van der Waals surface area contributed by atoms with Crippen LogP contribution < -0.4 is 4.90 Å². The Morgan fingerprint density at radius 1 is 1.50 bits per heavy atom. The van der Waals surface area contributed by atoms with E-state index >= 15 is 0 Å². The van der Waals surface area contributed by atoms with E-state index in [0.717, 1.165) is 5.95 Å². The van der Waals surface area contributed by atoms with Gasteiger partial charge in [0.15, 0.2) is 5.16 Å². The van der Waals surface area contributed by atoms with Gasteiger partial charge in [-0.15, -0.1) is 10.2 Å². The molecule has 1 N–H and O–H groups in total. The van der Waals surface area contributed by atoms with E-state index in [9.17, 15) is 4.79 Å². The molecule has 1 aromatic heterocycles. The lowest BCUT2D eigenvalue weighted by Crippen LogP contribution is -2.26. The first-order valence-corrected chi connectivity index (χ1v) is 7.54. The van der Waals surface area contributed by atoms with Crippen molar-refractivity contribution in [3.63, 3.8) is 0 Å². The molecular weight excluding hydrogens is 280 g/mol. The van der Waals surface area contributed by atoms with Crippen molar-refractivity contribution in [2.45, 2.75) is 38.6 Å². The third-order valence-electron chi connectivity index (χ3n) is 2.56. The van der Waals surface area contributed by atoms with Crippen molar-refractivity contribution in [2.24, 2.45) is 0 Å². The second-order valence-corrected chi connectivity index (χ2v) is 5.49. The Morgan fingerprint density at radius 2 is 2.20 bits per heavy atom. The number of anilines is 1. The first-order chi connectivity index (χ1) is 9.45. The fraction of sp³-hybridized carbons (Fsp3) is 0.750. The lowest BCUT2D eigenvalue weighted by molar-refractivity contribution is -0.133. The Labute approximate surface area is 123 Å². The summed E-state index contributed by atoms with van der Waals surface area (Å²) in [6.07, 6.45) is 0.203. The van der Waals surface area contributed by atoms with Crippen molar-refractivity contribution in [3.8, 4) is 0 Å². The normalized spacial score (nSPS) is 11.1. The summed E-state index contributed by atoms with van der Waals surface area (Å²) < 4.78 is 7.42. The van der Waals surface area contributed by atoms with E-state index in [1.807, 2.05) is 37.3 Å². The minimum absolute atomic E-state index is 0.0156. The smallest absolute Gasteiger partial charge is 0.313 e. The van der Waals surface area contributed by atoms with E-state index in [2.05, 4.69) is 10.2 Å². The van der Waals surface area contributed by atoms with Crippen molar-refractivity contribution in [3.05, 3.63) is 0 Å². The molecule has 0 spiro atoms. The van der Waals surface area contributed by atoms with Gasteiger partial charge in [0, 0.05) is 20.1 Å². The topological polar surface area (TPSA) is 80.5 Å². The molecule has 0 aromatic carbocycles. The van der Waals surface area contributed by atoms with Gasteiger partial charge in [-0.25, -0.2) is 0 Å². The van der Waals surface area contributed by atoms with Crippen LogP contribution in [0.5, 0.6) is 0 Å². The standard InChI is InChI=1S/C12H22N4O3S/c1-5-16-11(15(4)6-7-19-9(2)3)13-14-12(16)20-8-10(17)18/h9H,5-8H2,1-4H3,(H,17,18). The molecule has 20 heavy (non-hydrogen) atoms. The minimum atomic E-state index is -0.860. The van der Waals surface area contributed by atoms with Crippen molar-refractivity contribution >= 4 is 23.7 Å². The molecule has 0 amide bonds. The molecule has 1 aromatic rings. The van der Waals surface area contributed by atoms with Gasteiger partial charge < -0.3 is 14.7 Å². The monoisotopic (exact) mass is 302 g/mol. The highest BCUT2D eigenvalue weighted by Gasteiger charge is 2.15. The van der Waals surface area contributed by atoms with E-state index < -0.39 is 5.97 Å². The van der Waals surface area contributed by atoms with Gasteiger partial charge in [0.1, 0.15) is 0 Å². The number of likely N-dealkylation sites (N-methyl/N-ethyl adjacent to an activating group) is 1. The minimum Gasteiger partial charge on any atom is -0.481 e. The number of carboxylic acid groups (broad SMARTS) is 1. The maximum Gasteiger partial charge on any atom is 0.313 e. The lowest BCUT2D eigenvalue weighted by atomic mass is 10.5. The average molecular weight is 302 g/mol. The molecule has 8 heteroatoms. The van der Waals surface area contributed by atoms with Crippen molar-refractivity contribution in [1.29, 1.82) is 0 Å². The first-order valence-electron chi connectivity index (χ1n) is 6.56. The van der Waals surface area contributed by atoms with Crippen LogP contribution in [0.15, 0.2) is 5.16 Å². The molecule has 0 radical (unpaired) electrons. The Bertz CT molecular complexity index is 436. The predicted molar refractivity (Wildman–Crippen MR) is 78.4 cm³/mol. The predicted octanol–water partition coefficient (Wildman–Crippen LogP) is 1.34. The molecule has 0 fully saturated rings. The largest absolute Gasteiger partial charge is 0.481 e. The van der Waals surface area contributed by atoms with Gasteiger partial charge in [0.2, 0.25) is 5.95 Å². The molecule has 114 valence electrons. The SMILES string of the molecule is CCn1c(SCC(=O)O)nnc1N(C)CCOC(C)C. The Morgan fingerprint density at radius 3 is 2.75 bits per heavy atom. The number of thioether (sulfide) groups is 1.